The molecule has 0 unspecified atom stereocenters. The number of anilines is 1. The molecule has 0 spiro atoms. The fourth-order valence-corrected chi connectivity index (χ4v) is 2.26. The molecule has 2 N–H and O–H groups in total. The van der Waals surface area contributed by atoms with Crippen LogP contribution in [0, 0.1) is 0 Å². The van der Waals surface area contributed by atoms with Crippen LogP contribution in [0.15, 0.2) is 12.4 Å². The van der Waals surface area contributed by atoms with E-state index in [9.17, 15) is 0 Å². The summed E-state index contributed by atoms with van der Waals surface area (Å²) in [4.78, 5) is 10.5. The second kappa shape index (κ2) is 4.87. The highest BCUT2D eigenvalue weighted by atomic mass is 16.5. The summed E-state index contributed by atoms with van der Waals surface area (Å²) in [6, 6.07) is 1.87. The average Bonchev–Trinajstić information content (AvgIpc) is 2.27. The van der Waals surface area contributed by atoms with Crippen molar-refractivity contribution in [3.05, 3.63) is 12.4 Å². The third-order valence-electron chi connectivity index (χ3n) is 3.00. The first-order chi connectivity index (χ1) is 8.17. The first-order valence-corrected chi connectivity index (χ1v) is 6.15. The van der Waals surface area contributed by atoms with Gasteiger partial charge in [-0.05, 0) is 13.3 Å². The number of nitrogens with two attached hydrogens (primary N) is 1. The predicted molar refractivity (Wildman–Crippen MR) is 67.2 cm³/mol. The maximum atomic E-state index is 6.22. The molecule has 1 aromatic rings. The molecule has 0 radical (unpaired) electrons. The number of rotatable bonds is 5. The van der Waals surface area contributed by atoms with Crippen molar-refractivity contribution in [2.24, 2.45) is 5.73 Å². The summed E-state index contributed by atoms with van der Waals surface area (Å²) in [6.07, 6.45) is 3.72. The summed E-state index contributed by atoms with van der Waals surface area (Å²) >= 11 is 0. The monoisotopic (exact) mass is 236 g/mol. The van der Waals surface area contributed by atoms with E-state index in [4.69, 9.17) is 10.5 Å². The van der Waals surface area contributed by atoms with Crippen molar-refractivity contribution in [2.45, 2.75) is 32.2 Å². The van der Waals surface area contributed by atoms with Gasteiger partial charge in [0.05, 0.1) is 12.1 Å². The summed E-state index contributed by atoms with van der Waals surface area (Å²) in [5.74, 6) is 1.53. The standard InChI is InChI=1S/C12H20N4O/c1-3-5-12(13)7-16(8-12)10-6-11(17-4-2)15-9-14-10/h6,9H,3-5,7-8,13H2,1-2H3. The molecule has 94 valence electrons. The zero-order chi connectivity index (χ0) is 12.3. The number of hydrogen-bond donors (Lipinski definition) is 1. The molecule has 17 heavy (non-hydrogen) atoms. The number of hydrogen-bond acceptors (Lipinski definition) is 5. The van der Waals surface area contributed by atoms with Gasteiger partial charge in [-0.3, -0.25) is 0 Å². The fourth-order valence-electron chi connectivity index (χ4n) is 2.26. The molecule has 0 saturated carbocycles. The lowest BCUT2D eigenvalue weighted by Crippen LogP contribution is -2.67. The van der Waals surface area contributed by atoms with Crippen LogP contribution in [-0.2, 0) is 0 Å². The van der Waals surface area contributed by atoms with E-state index in [0.717, 1.165) is 31.7 Å². The zero-order valence-corrected chi connectivity index (χ0v) is 10.5. The Bertz CT molecular complexity index is 377. The topological polar surface area (TPSA) is 64.3 Å². The van der Waals surface area contributed by atoms with Crippen molar-refractivity contribution >= 4 is 5.82 Å². The van der Waals surface area contributed by atoms with Gasteiger partial charge in [0.25, 0.3) is 0 Å². The molecule has 1 saturated heterocycles. The van der Waals surface area contributed by atoms with E-state index in [2.05, 4.69) is 21.8 Å². The van der Waals surface area contributed by atoms with Crippen LogP contribution in [0.5, 0.6) is 5.88 Å². The normalized spacial score (nSPS) is 17.7. The maximum Gasteiger partial charge on any atom is 0.218 e. The summed E-state index contributed by atoms with van der Waals surface area (Å²) in [7, 11) is 0. The molecule has 2 rings (SSSR count). The quantitative estimate of drug-likeness (QED) is 0.832. The van der Waals surface area contributed by atoms with E-state index in [1.54, 1.807) is 0 Å². The van der Waals surface area contributed by atoms with Gasteiger partial charge in [0.1, 0.15) is 12.1 Å². The maximum absolute atomic E-state index is 6.22. The summed E-state index contributed by atoms with van der Waals surface area (Å²) in [6.45, 7) is 6.45. The SMILES string of the molecule is CCCC1(N)CN(c2cc(OCC)ncn2)C1. The zero-order valence-electron chi connectivity index (χ0n) is 10.5. The van der Waals surface area contributed by atoms with Crippen molar-refractivity contribution in [1.29, 1.82) is 0 Å². The highest BCUT2D eigenvalue weighted by Crippen LogP contribution is 2.28. The van der Waals surface area contributed by atoms with Crippen LogP contribution >= 0.6 is 0 Å². The lowest BCUT2D eigenvalue weighted by Gasteiger charge is -2.48. The smallest absolute Gasteiger partial charge is 0.218 e. The highest BCUT2D eigenvalue weighted by Gasteiger charge is 2.39. The van der Waals surface area contributed by atoms with Crippen LogP contribution in [0.2, 0.25) is 0 Å². The van der Waals surface area contributed by atoms with Crippen LogP contribution < -0.4 is 15.4 Å². The number of aromatic nitrogens is 2. The third kappa shape index (κ3) is 2.66. The van der Waals surface area contributed by atoms with Crippen LogP contribution in [0.1, 0.15) is 26.7 Å². The summed E-state index contributed by atoms with van der Waals surface area (Å²) in [5, 5.41) is 0. The minimum Gasteiger partial charge on any atom is -0.478 e. The lowest BCUT2D eigenvalue weighted by molar-refractivity contribution is 0.303. The molecule has 0 aliphatic carbocycles. The van der Waals surface area contributed by atoms with E-state index in [0.29, 0.717) is 12.5 Å². The Labute approximate surface area is 102 Å². The van der Waals surface area contributed by atoms with Gasteiger partial charge in [-0.1, -0.05) is 13.3 Å². The third-order valence-corrected chi connectivity index (χ3v) is 3.00. The second-order valence-electron chi connectivity index (χ2n) is 4.62. The van der Waals surface area contributed by atoms with Gasteiger partial charge in [-0.25, -0.2) is 9.97 Å². The van der Waals surface area contributed by atoms with Gasteiger partial charge < -0.3 is 15.4 Å². The van der Waals surface area contributed by atoms with Crippen LogP contribution in [-0.4, -0.2) is 35.2 Å². The van der Waals surface area contributed by atoms with E-state index >= 15 is 0 Å². The van der Waals surface area contributed by atoms with Gasteiger partial charge in [0, 0.05) is 19.2 Å². The highest BCUT2D eigenvalue weighted by molar-refractivity contribution is 5.46. The molecule has 1 aliphatic rings. The number of ether oxygens (including phenoxy) is 1. The van der Waals surface area contributed by atoms with E-state index in [1.165, 1.54) is 6.33 Å². The Morgan fingerprint density at radius 2 is 2.18 bits per heavy atom. The van der Waals surface area contributed by atoms with Gasteiger partial charge in [0.15, 0.2) is 0 Å². The van der Waals surface area contributed by atoms with Crippen LogP contribution in [0.4, 0.5) is 5.82 Å². The molecule has 0 atom stereocenters. The molecular weight excluding hydrogens is 216 g/mol. The van der Waals surface area contributed by atoms with E-state index < -0.39 is 0 Å². The van der Waals surface area contributed by atoms with Gasteiger partial charge >= 0.3 is 0 Å². The Morgan fingerprint density at radius 1 is 1.41 bits per heavy atom. The van der Waals surface area contributed by atoms with Gasteiger partial charge in [0.2, 0.25) is 5.88 Å². The van der Waals surface area contributed by atoms with Gasteiger partial charge in [-0.2, -0.15) is 0 Å². The van der Waals surface area contributed by atoms with Crippen molar-refractivity contribution in [2.75, 3.05) is 24.6 Å². The lowest BCUT2D eigenvalue weighted by atomic mass is 9.86. The Hall–Kier alpha value is -1.36. The van der Waals surface area contributed by atoms with Gasteiger partial charge in [-0.15, -0.1) is 0 Å². The van der Waals surface area contributed by atoms with E-state index in [1.807, 2.05) is 13.0 Å². The van der Waals surface area contributed by atoms with E-state index in [-0.39, 0.29) is 5.54 Å². The molecule has 5 heteroatoms. The molecule has 5 nitrogen and oxygen atoms in total. The molecule has 2 heterocycles. The fraction of sp³-hybridized carbons (Fsp3) is 0.667. The summed E-state index contributed by atoms with van der Waals surface area (Å²) in [5.41, 5.74) is 6.19. The Balaban J connectivity index is 1.98. The largest absolute Gasteiger partial charge is 0.478 e. The molecule has 0 amide bonds. The first kappa shape index (κ1) is 12.1. The Morgan fingerprint density at radius 3 is 2.82 bits per heavy atom. The molecule has 1 aromatic heterocycles. The molecule has 0 aromatic carbocycles. The van der Waals surface area contributed by atoms with Crippen molar-refractivity contribution in [3.63, 3.8) is 0 Å². The second-order valence-corrected chi connectivity index (χ2v) is 4.62. The average molecular weight is 236 g/mol. The van der Waals surface area contributed by atoms with Crippen molar-refractivity contribution < 1.29 is 4.74 Å². The predicted octanol–water partition coefficient (Wildman–Crippen LogP) is 1.19. The first-order valence-electron chi connectivity index (χ1n) is 6.15. The van der Waals surface area contributed by atoms with Crippen molar-refractivity contribution in [1.82, 2.24) is 9.97 Å². The van der Waals surface area contributed by atoms with Crippen LogP contribution in [0.25, 0.3) is 0 Å². The minimum atomic E-state index is -0.0362. The molecule has 0 bridgehead atoms. The molecule has 1 fully saturated rings. The van der Waals surface area contributed by atoms with Crippen LogP contribution in [0.3, 0.4) is 0 Å². The van der Waals surface area contributed by atoms with Crippen molar-refractivity contribution in [3.8, 4) is 5.88 Å². The molecular formula is C12H20N4O. The molecule has 1 aliphatic heterocycles. The minimum absolute atomic E-state index is 0.0362. The Kier molecular flexibility index (Phi) is 3.47. The number of nitrogens with zero attached hydrogens (tertiary/aromatic N) is 3. The summed E-state index contributed by atoms with van der Waals surface area (Å²) < 4.78 is 5.36.